The third-order valence-corrected chi connectivity index (χ3v) is 7.21. The summed E-state index contributed by atoms with van der Waals surface area (Å²) < 4.78 is 1.77. The maximum atomic E-state index is 13.6. The second kappa shape index (κ2) is 12.1. The van der Waals surface area contributed by atoms with Crippen molar-refractivity contribution in [1.82, 2.24) is 20.1 Å². The number of pyridine rings is 1. The van der Waals surface area contributed by atoms with Gasteiger partial charge in [0.1, 0.15) is 11.9 Å². The summed E-state index contributed by atoms with van der Waals surface area (Å²) in [6.45, 7) is 0.333. The van der Waals surface area contributed by atoms with Gasteiger partial charge in [0.05, 0.1) is 23.4 Å². The molecule has 2 aromatic carbocycles. The van der Waals surface area contributed by atoms with Crippen LogP contribution in [0.15, 0.2) is 79.3 Å². The third kappa shape index (κ3) is 6.28. The molecule has 0 radical (unpaired) electrons. The first kappa shape index (κ1) is 26.5. The summed E-state index contributed by atoms with van der Waals surface area (Å²) in [6, 6.07) is 23.2. The normalized spacial score (nSPS) is 16.4. The fourth-order valence-electron chi connectivity index (χ4n) is 5.13. The van der Waals surface area contributed by atoms with Gasteiger partial charge in [-0.1, -0.05) is 24.3 Å². The Balaban J connectivity index is 1.30. The molecule has 5 rings (SSSR count). The number of aryl methyl sites for hydroxylation is 1. The molecule has 1 saturated carbocycles. The van der Waals surface area contributed by atoms with Gasteiger partial charge in [0, 0.05) is 49.3 Å². The van der Waals surface area contributed by atoms with E-state index in [0.717, 1.165) is 53.9 Å². The van der Waals surface area contributed by atoms with Crippen LogP contribution >= 0.6 is 0 Å². The van der Waals surface area contributed by atoms with E-state index in [1.807, 2.05) is 66.8 Å². The molecular weight excluding hydrogens is 500 g/mol. The molecule has 0 spiro atoms. The first-order valence-electron chi connectivity index (χ1n) is 13.3. The van der Waals surface area contributed by atoms with Crippen molar-refractivity contribution in [2.75, 3.05) is 10.2 Å². The summed E-state index contributed by atoms with van der Waals surface area (Å²) in [5, 5.41) is 29.0. The van der Waals surface area contributed by atoms with Crippen molar-refractivity contribution in [2.24, 2.45) is 7.05 Å². The smallest absolute Gasteiger partial charge is 0.322 e. The number of nitrogens with zero attached hydrogens (tertiary/aromatic N) is 6. The van der Waals surface area contributed by atoms with E-state index in [-0.39, 0.29) is 18.1 Å². The van der Waals surface area contributed by atoms with Gasteiger partial charge in [-0.05, 0) is 73.2 Å². The largest absolute Gasteiger partial charge is 0.367 e. The monoisotopic (exact) mass is 530 g/mol. The third-order valence-electron chi connectivity index (χ3n) is 7.21. The number of urea groups is 1. The topological polar surface area (TPSA) is 123 Å². The van der Waals surface area contributed by atoms with Crippen molar-refractivity contribution in [1.29, 1.82) is 10.5 Å². The van der Waals surface area contributed by atoms with Crippen molar-refractivity contribution in [2.45, 2.75) is 44.3 Å². The molecule has 2 heterocycles. The fraction of sp³-hybridized carbons (Fsp3) is 0.258. The minimum absolute atomic E-state index is 0.0293. The van der Waals surface area contributed by atoms with E-state index in [4.69, 9.17) is 5.26 Å². The number of amides is 2. The molecule has 4 aromatic rings. The predicted octanol–water partition coefficient (Wildman–Crippen LogP) is 5.36. The summed E-state index contributed by atoms with van der Waals surface area (Å²) in [7, 11) is 1.89. The number of hydrogen-bond donors (Lipinski definition) is 2. The highest BCUT2D eigenvalue weighted by molar-refractivity contribution is 5.93. The van der Waals surface area contributed by atoms with Gasteiger partial charge in [-0.2, -0.15) is 15.6 Å². The van der Waals surface area contributed by atoms with E-state index in [1.165, 1.54) is 0 Å². The quantitative estimate of drug-likeness (QED) is 0.331. The van der Waals surface area contributed by atoms with E-state index in [9.17, 15) is 10.1 Å². The Kier molecular flexibility index (Phi) is 8.03. The zero-order valence-electron chi connectivity index (χ0n) is 22.3. The Morgan fingerprint density at radius 3 is 2.40 bits per heavy atom. The zero-order valence-corrected chi connectivity index (χ0v) is 22.3. The minimum atomic E-state index is -0.165. The molecule has 0 bridgehead atoms. The second-order valence-electron chi connectivity index (χ2n) is 9.98. The van der Waals surface area contributed by atoms with Gasteiger partial charge < -0.3 is 10.6 Å². The van der Waals surface area contributed by atoms with Crippen LogP contribution < -0.4 is 15.5 Å². The lowest BCUT2D eigenvalue weighted by atomic mass is 9.89. The molecule has 0 aliphatic heterocycles. The van der Waals surface area contributed by atoms with Crippen molar-refractivity contribution >= 4 is 17.5 Å². The maximum absolute atomic E-state index is 13.6. The Bertz CT molecular complexity index is 1540. The number of anilines is 2. The van der Waals surface area contributed by atoms with Crippen LogP contribution in [0.4, 0.5) is 16.3 Å². The SMILES string of the molecule is Cn1cc(-c2ccc(N(C(=O)NCc3cccc(C#N)c3)C3CCC(Nc4ccc(C#N)cn4)CC3)cc2)cn1. The number of carbonyl (C=O) groups is 1. The van der Waals surface area contributed by atoms with Gasteiger partial charge in [0.2, 0.25) is 0 Å². The number of benzene rings is 2. The van der Waals surface area contributed by atoms with Gasteiger partial charge in [-0.15, -0.1) is 0 Å². The van der Waals surface area contributed by atoms with Crippen LogP contribution in [0.2, 0.25) is 0 Å². The van der Waals surface area contributed by atoms with E-state index in [2.05, 4.69) is 32.9 Å². The van der Waals surface area contributed by atoms with E-state index in [0.29, 0.717) is 17.7 Å². The molecule has 1 aliphatic rings. The van der Waals surface area contributed by atoms with Crippen molar-refractivity contribution < 1.29 is 4.79 Å². The molecule has 2 amide bonds. The fourth-order valence-corrected chi connectivity index (χ4v) is 5.13. The number of hydrogen-bond acceptors (Lipinski definition) is 6. The van der Waals surface area contributed by atoms with Crippen molar-refractivity contribution in [3.8, 4) is 23.3 Å². The van der Waals surface area contributed by atoms with Crippen LogP contribution in [0.5, 0.6) is 0 Å². The number of aromatic nitrogens is 3. The highest BCUT2D eigenvalue weighted by Crippen LogP contribution is 2.31. The molecule has 2 aromatic heterocycles. The summed E-state index contributed by atoms with van der Waals surface area (Å²) in [5.41, 5.74) is 4.86. The van der Waals surface area contributed by atoms with Gasteiger partial charge >= 0.3 is 6.03 Å². The maximum Gasteiger partial charge on any atom is 0.322 e. The standard InChI is InChI=1S/C31H30N8O/c1-38-21-26(20-36-38)25-6-10-28(11-7-25)39(31(40)35-18-23-4-2-3-22(15-23)16-32)29-12-8-27(9-13-29)37-30-14-5-24(17-33)19-34-30/h2-7,10-11,14-15,19-21,27,29H,8-9,12-13,18H2,1H3,(H,34,37)(H,35,40). The minimum Gasteiger partial charge on any atom is -0.367 e. The number of nitriles is 2. The molecule has 2 N–H and O–H groups in total. The number of nitrogens with one attached hydrogen (secondary N) is 2. The van der Waals surface area contributed by atoms with Gasteiger partial charge in [-0.3, -0.25) is 9.58 Å². The lowest BCUT2D eigenvalue weighted by molar-refractivity contribution is 0.240. The Hall–Kier alpha value is -5.15. The Morgan fingerprint density at radius 2 is 1.75 bits per heavy atom. The summed E-state index contributed by atoms with van der Waals surface area (Å²) >= 11 is 0. The Labute approximate surface area is 233 Å². The number of carbonyl (C=O) groups excluding carboxylic acids is 1. The van der Waals surface area contributed by atoms with E-state index < -0.39 is 0 Å². The summed E-state index contributed by atoms with van der Waals surface area (Å²) in [5.74, 6) is 0.752. The van der Waals surface area contributed by atoms with Gasteiger partial charge in [-0.25, -0.2) is 9.78 Å². The lowest BCUT2D eigenvalue weighted by Gasteiger charge is -2.37. The van der Waals surface area contributed by atoms with Gasteiger partial charge in [0.25, 0.3) is 0 Å². The Morgan fingerprint density at radius 1 is 0.975 bits per heavy atom. The molecule has 9 nitrogen and oxygen atoms in total. The zero-order chi connectivity index (χ0) is 27.9. The molecule has 40 heavy (non-hydrogen) atoms. The average molecular weight is 531 g/mol. The highest BCUT2D eigenvalue weighted by atomic mass is 16.2. The average Bonchev–Trinajstić information content (AvgIpc) is 3.44. The van der Waals surface area contributed by atoms with Crippen LogP contribution in [0.1, 0.15) is 42.4 Å². The van der Waals surface area contributed by atoms with Crippen molar-refractivity contribution in [3.63, 3.8) is 0 Å². The molecule has 0 atom stereocenters. The second-order valence-corrected chi connectivity index (χ2v) is 9.98. The molecule has 1 aliphatic carbocycles. The summed E-state index contributed by atoms with van der Waals surface area (Å²) in [4.78, 5) is 19.9. The lowest BCUT2D eigenvalue weighted by Crippen LogP contribution is -2.48. The summed E-state index contributed by atoms with van der Waals surface area (Å²) in [6.07, 6.45) is 8.78. The number of rotatable bonds is 7. The van der Waals surface area contributed by atoms with Crippen LogP contribution in [-0.2, 0) is 13.6 Å². The first-order chi connectivity index (χ1) is 19.5. The molecule has 0 saturated heterocycles. The van der Waals surface area contributed by atoms with E-state index >= 15 is 0 Å². The van der Waals surface area contributed by atoms with Crippen LogP contribution in [0.25, 0.3) is 11.1 Å². The van der Waals surface area contributed by atoms with E-state index in [1.54, 1.807) is 29.1 Å². The molecular formula is C31H30N8O. The van der Waals surface area contributed by atoms with Crippen LogP contribution in [0, 0.1) is 22.7 Å². The molecule has 9 heteroatoms. The first-order valence-corrected chi connectivity index (χ1v) is 13.3. The van der Waals surface area contributed by atoms with Crippen molar-refractivity contribution in [3.05, 3.63) is 95.9 Å². The van der Waals surface area contributed by atoms with Gasteiger partial charge in [0.15, 0.2) is 0 Å². The molecule has 0 unspecified atom stereocenters. The molecule has 1 fully saturated rings. The highest BCUT2D eigenvalue weighted by Gasteiger charge is 2.30. The van der Waals surface area contributed by atoms with Crippen LogP contribution in [0.3, 0.4) is 0 Å². The van der Waals surface area contributed by atoms with Crippen LogP contribution in [-0.4, -0.2) is 32.9 Å². The molecule has 200 valence electrons. The predicted molar refractivity (Wildman–Crippen MR) is 153 cm³/mol.